The number of carbonyl (C=O) groups is 2. The molecule has 0 aromatic heterocycles. The Kier molecular flexibility index (Phi) is 5.95. The third kappa shape index (κ3) is 6.78. The van der Waals surface area contributed by atoms with Crippen LogP contribution in [0.25, 0.3) is 0 Å². The van der Waals surface area contributed by atoms with E-state index in [-0.39, 0.29) is 5.92 Å². The standard InChI is InChI=1S/C11H22N2O4/c1-7(5-6-12)8(9(14)15)13-10(16)17-11(2,3)4/h7-8H,5-6,12H2,1-4H3,(H,13,16)(H,14,15)/t7-,8+/m1/s1. The van der Waals surface area contributed by atoms with Gasteiger partial charge in [0.1, 0.15) is 11.6 Å². The number of amides is 1. The summed E-state index contributed by atoms with van der Waals surface area (Å²) in [4.78, 5) is 22.5. The molecule has 0 saturated heterocycles. The lowest BCUT2D eigenvalue weighted by molar-refractivity contribution is -0.140. The molecule has 0 aliphatic heterocycles. The number of ether oxygens (including phenoxy) is 1. The topological polar surface area (TPSA) is 102 Å². The van der Waals surface area contributed by atoms with Gasteiger partial charge in [-0.25, -0.2) is 9.59 Å². The lowest BCUT2D eigenvalue weighted by Gasteiger charge is -2.24. The molecule has 1 amide bonds. The van der Waals surface area contributed by atoms with Crippen LogP contribution in [-0.4, -0.2) is 35.4 Å². The van der Waals surface area contributed by atoms with Crippen molar-refractivity contribution in [2.24, 2.45) is 11.7 Å². The van der Waals surface area contributed by atoms with Crippen LogP contribution < -0.4 is 11.1 Å². The number of nitrogens with one attached hydrogen (secondary N) is 1. The zero-order valence-corrected chi connectivity index (χ0v) is 10.8. The number of carboxylic acids is 1. The van der Waals surface area contributed by atoms with Gasteiger partial charge in [0.2, 0.25) is 0 Å². The average Bonchev–Trinajstić information content (AvgIpc) is 2.11. The van der Waals surface area contributed by atoms with Crippen molar-refractivity contribution in [1.29, 1.82) is 0 Å². The molecule has 0 aromatic carbocycles. The molecule has 6 heteroatoms. The molecule has 6 nitrogen and oxygen atoms in total. The molecule has 2 atom stereocenters. The van der Waals surface area contributed by atoms with Crippen LogP contribution in [0.3, 0.4) is 0 Å². The van der Waals surface area contributed by atoms with E-state index < -0.39 is 23.7 Å². The molecule has 0 radical (unpaired) electrons. The summed E-state index contributed by atoms with van der Waals surface area (Å²) >= 11 is 0. The minimum absolute atomic E-state index is 0.245. The van der Waals surface area contributed by atoms with E-state index in [1.54, 1.807) is 27.7 Å². The van der Waals surface area contributed by atoms with Gasteiger partial charge in [0.25, 0.3) is 0 Å². The van der Waals surface area contributed by atoms with Gasteiger partial charge in [-0.05, 0) is 39.7 Å². The number of rotatable bonds is 5. The summed E-state index contributed by atoms with van der Waals surface area (Å²) in [6.07, 6.45) is -0.207. The Morgan fingerprint density at radius 3 is 2.29 bits per heavy atom. The Hall–Kier alpha value is -1.30. The number of hydrogen-bond acceptors (Lipinski definition) is 4. The highest BCUT2D eigenvalue weighted by molar-refractivity contribution is 5.80. The van der Waals surface area contributed by atoms with Gasteiger partial charge < -0.3 is 20.9 Å². The molecule has 0 spiro atoms. The average molecular weight is 246 g/mol. The van der Waals surface area contributed by atoms with Gasteiger partial charge in [-0.15, -0.1) is 0 Å². The molecule has 0 aromatic rings. The number of aliphatic carboxylic acids is 1. The number of carbonyl (C=O) groups excluding carboxylic acids is 1. The van der Waals surface area contributed by atoms with Gasteiger partial charge in [-0.3, -0.25) is 0 Å². The molecule has 0 unspecified atom stereocenters. The van der Waals surface area contributed by atoms with Crippen molar-refractivity contribution < 1.29 is 19.4 Å². The van der Waals surface area contributed by atoms with Crippen LogP contribution in [0.1, 0.15) is 34.1 Å². The van der Waals surface area contributed by atoms with Crippen LogP contribution in [0.15, 0.2) is 0 Å². The highest BCUT2D eigenvalue weighted by Gasteiger charge is 2.28. The maximum Gasteiger partial charge on any atom is 0.408 e. The normalized spacial score (nSPS) is 14.9. The molecular weight excluding hydrogens is 224 g/mol. The van der Waals surface area contributed by atoms with Crippen molar-refractivity contribution in [3.05, 3.63) is 0 Å². The summed E-state index contributed by atoms with van der Waals surface area (Å²) in [5, 5.41) is 11.3. The fourth-order valence-electron chi connectivity index (χ4n) is 1.31. The SMILES string of the molecule is C[C@H](CCN)[C@H](NC(=O)OC(C)(C)C)C(=O)O. The molecule has 0 saturated carbocycles. The quantitative estimate of drug-likeness (QED) is 0.670. The number of carboxylic acid groups (broad SMARTS) is 1. The summed E-state index contributed by atoms with van der Waals surface area (Å²) in [6, 6.07) is -0.978. The second-order valence-electron chi connectivity index (χ2n) is 5.02. The van der Waals surface area contributed by atoms with Crippen LogP contribution in [0, 0.1) is 5.92 Å². The van der Waals surface area contributed by atoms with Crippen molar-refractivity contribution in [2.45, 2.75) is 45.8 Å². The van der Waals surface area contributed by atoms with Crippen LogP contribution >= 0.6 is 0 Å². The molecule has 0 aliphatic carbocycles. The van der Waals surface area contributed by atoms with Crippen molar-refractivity contribution in [3.8, 4) is 0 Å². The van der Waals surface area contributed by atoms with Gasteiger partial charge in [0.15, 0.2) is 0 Å². The second kappa shape index (κ2) is 6.44. The molecule has 0 bridgehead atoms. The maximum atomic E-state index is 11.5. The zero-order valence-electron chi connectivity index (χ0n) is 10.8. The number of hydrogen-bond donors (Lipinski definition) is 3. The summed E-state index contributed by atoms with van der Waals surface area (Å²) in [7, 11) is 0. The Labute approximate surface area is 102 Å². The number of alkyl carbamates (subject to hydrolysis) is 1. The summed E-state index contributed by atoms with van der Waals surface area (Å²) in [6.45, 7) is 7.24. The van der Waals surface area contributed by atoms with Crippen LogP contribution in [0.2, 0.25) is 0 Å². The van der Waals surface area contributed by atoms with Gasteiger partial charge in [0, 0.05) is 0 Å². The Balaban J connectivity index is 4.45. The Morgan fingerprint density at radius 2 is 1.94 bits per heavy atom. The van der Waals surface area contributed by atoms with Crippen LogP contribution in [0.5, 0.6) is 0 Å². The Bertz CT molecular complexity index is 273. The molecule has 4 N–H and O–H groups in total. The largest absolute Gasteiger partial charge is 0.480 e. The lowest BCUT2D eigenvalue weighted by atomic mass is 9.98. The smallest absolute Gasteiger partial charge is 0.408 e. The van der Waals surface area contributed by atoms with E-state index in [1.807, 2.05) is 0 Å². The maximum absolute atomic E-state index is 11.5. The van der Waals surface area contributed by atoms with E-state index in [4.69, 9.17) is 15.6 Å². The fraction of sp³-hybridized carbons (Fsp3) is 0.818. The highest BCUT2D eigenvalue weighted by atomic mass is 16.6. The lowest BCUT2D eigenvalue weighted by Crippen LogP contribution is -2.47. The van der Waals surface area contributed by atoms with E-state index in [0.717, 1.165) is 0 Å². The second-order valence-corrected chi connectivity index (χ2v) is 5.02. The third-order valence-corrected chi connectivity index (χ3v) is 2.13. The molecule has 0 aliphatic rings. The van der Waals surface area contributed by atoms with E-state index in [2.05, 4.69) is 5.32 Å². The molecule has 0 rings (SSSR count). The van der Waals surface area contributed by atoms with Gasteiger partial charge in [-0.2, -0.15) is 0 Å². The summed E-state index contributed by atoms with van der Waals surface area (Å²) in [5.74, 6) is -1.33. The predicted octanol–water partition coefficient (Wildman–Crippen LogP) is 0.949. The first-order valence-electron chi connectivity index (χ1n) is 5.59. The molecule has 17 heavy (non-hydrogen) atoms. The first-order chi connectivity index (χ1) is 7.67. The van der Waals surface area contributed by atoms with Crippen molar-refractivity contribution in [3.63, 3.8) is 0 Å². The van der Waals surface area contributed by atoms with Crippen molar-refractivity contribution in [2.75, 3.05) is 6.54 Å². The summed E-state index contributed by atoms with van der Waals surface area (Å²) < 4.78 is 5.00. The highest BCUT2D eigenvalue weighted by Crippen LogP contribution is 2.11. The zero-order chi connectivity index (χ0) is 13.6. The fourth-order valence-corrected chi connectivity index (χ4v) is 1.31. The van der Waals surface area contributed by atoms with Crippen molar-refractivity contribution >= 4 is 12.1 Å². The van der Waals surface area contributed by atoms with E-state index in [9.17, 15) is 9.59 Å². The minimum Gasteiger partial charge on any atom is -0.480 e. The van der Waals surface area contributed by atoms with Crippen LogP contribution in [-0.2, 0) is 9.53 Å². The van der Waals surface area contributed by atoms with E-state index >= 15 is 0 Å². The van der Waals surface area contributed by atoms with Gasteiger partial charge in [0.05, 0.1) is 0 Å². The van der Waals surface area contributed by atoms with Crippen molar-refractivity contribution in [1.82, 2.24) is 5.32 Å². The number of nitrogens with two attached hydrogens (primary N) is 1. The van der Waals surface area contributed by atoms with E-state index in [0.29, 0.717) is 13.0 Å². The van der Waals surface area contributed by atoms with Gasteiger partial charge in [-0.1, -0.05) is 6.92 Å². The monoisotopic (exact) mass is 246 g/mol. The molecule has 100 valence electrons. The minimum atomic E-state index is -1.09. The first-order valence-corrected chi connectivity index (χ1v) is 5.59. The predicted molar refractivity (Wildman–Crippen MR) is 63.6 cm³/mol. The molecular formula is C11H22N2O4. The molecule has 0 fully saturated rings. The van der Waals surface area contributed by atoms with Gasteiger partial charge >= 0.3 is 12.1 Å². The van der Waals surface area contributed by atoms with E-state index in [1.165, 1.54) is 0 Å². The third-order valence-electron chi connectivity index (χ3n) is 2.13. The van der Waals surface area contributed by atoms with Crippen LogP contribution in [0.4, 0.5) is 4.79 Å². The summed E-state index contributed by atoms with van der Waals surface area (Å²) in [5.41, 5.74) is 4.71. The first kappa shape index (κ1) is 15.7. The molecule has 0 heterocycles. The Morgan fingerprint density at radius 1 is 1.41 bits per heavy atom.